The summed E-state index contributed by atoms with van der Waals surface area (Å²) in [5.41, 5.74) is 3.80. The number of nitrogens with zero attached hydrogens (tertiary/aromatic N) is 4. The molecule has 6 heteroatoms. The molecule has 0 N–H and O–H groups in total. The molecule has 1 aliphatic rings. The number of hydrogen-bond acceptors (Lipinski definition) is 5. The molecule has 1 aromatic heterocycles. The lowest BCUT2D eigenvalue weighted by Crippen LogP contribution is -2.45. The number of aromatic nitrogens is 1. The Balaban J connectivity index is 1.28. The van der Waals surface area contributed by atoms with E-state index in [4.69, 9.17) is 21.4 Å². The molecule has 0 unspecified atom stereocenters. The van der Waals surface area contributed by atoms with Gasteiger partial charge < -0.3 is 4.52 Å². The summed E-state index contributed by atoms with van der Waals surface area (Å²) in [6, 6.07) is 19.6. The smallest absolute Gasteiger partial charge is 0.151 e. The van der Waals surface area contributed by atoms with Gasteiger partial charge in [-0.25, -0.2) is 0 Å². The average molecular weight is 393 g/mol. The minimum Gasteiger partial charge on any atom is -0.359 e. The summed E-state index contributed by atoms with van der Waals surface area (Å²) in [5.74, 6) is 0.880. The van der Waals surface area contributed by atoms with Crippen LogP contribution in [0.1, 0.15) is 16.9 Å². The van der Waals surface area contributed by atoms with Crippen molar-refractivity contribution in [1.29, 1.82) is 5.26 Å². The van der Waals surface area contributed by atoms with Gasteiger partial charge in [-0.3, -0.25) is 9.80 Å². The fourth-order valence-electron chi connectivity index (χ4n) is 3.41. The summed E-state index contributed by atoms with van der Waals surface area (Å²) in [5, 5.41) is 13.8. The van der Waals surface area contributed by atoms with Crippen LogP contribution in [-0.4, -0.2) is 41.1 Å². The van der Waals surface area contributed by atoms with Gasteiger partial charge in [0, 0.05) is 49.4 Å². The quantitative estimate of drug-likeness (QED) is 0.651. The molecule has 28 heavy (non-hydrogen) atoms. The Hall–Kier alpha value is -2.65. The lowest BCUT2D eigenvalue weighted by Gasteiger charge is -2.34. The van der Waals surface area contributed by atoms with Gasteiger partial charge in [0.2, 0.25) is 0 Å². The van der Waals surface area contributed by atoms with Crippen LogP contribution >= 0.6 is 11.6 Å². The zero-order chi connectivity index (χ0) is 19.3. The maximum Gasteiger partial charge on any atom is 0.151 e. The van der Waals surface area contributed by atoms with E-state index in [1.165, 1.54) is 5.56 Å². The molecule has 0 amide bonds. The zero-order valence-corrected chi connectivity index (χ0v) is 16.3. The minimum absolute atomic E-state index is 0.707. The first-order valence-corrected chi connectivity index (χ1v) is 9.73. The van der Waals surface area contributed by atoms with Crippen LogP contribution in [0.2, 0.25) is 5.02 Å². The second kappa shape index (κ2) is 8.57. The average Bonchev–Trinajstić information content (AvgIpc) is 3.19. The van der Waals surface area contributed by atoms with E-state index in [2.05, 4.69) is 21.0 Å². The minimum atomic E-state index is 0.707. The van der Waals surface area contributed by atoms with Crippen LogP contribution in [-0.2, 0) is 13.1 Å². The van der Waals surface area contributed by atoms with Crippen molar-refractivity contribution < 1.29 is 4.52 Å². The van der Waals surface area contributed by atoms with Gasteiger partial charge >= 0.3 is 0 Å². The molecular weight excluding hydrogens is 372 g/mol. The van der Waals surface area contributed by atoms with Crippen LogP contribution in [0.3, 0.4) is 0 Å². The molecule has 0 atom stereocenters. The molecule has 0 bridgehead atoms. The fourth-order valence-corrected chi connectivity index (χ4v) is 3.54. The van der Waals surface area contributed by atoms with Crippen molar-refractivity contribution in [2.24, 2.45) is 0 Å². The van der Waals surface area contributed by atoms with E-state index in [9.17, 15) is 0 Å². The summed E-state index contributed by atoms with van der Waals surface area (Å²) in [6.07, 6.45) is 0. The first-order chi connectivity index (χ1) is 13.7. The molecule has 1 saturated heterocycles. The first kappa shape index (κ1) is 18.7. The number of hydrogen-bond donors (Lipinski definition) is 0. The Morgan fingerprint density at radius 1 is 0.929 bits per heavy atom. The summed E-state index contributed by atoms with van der Waals surface area (Å²) < 4.78 is 5.53. The molecule has 4 rings (SSSR count). The lowest BCUT2D eigenvalue weighted by molar-refractivity contribution is 0.114. The SMILES string of the molecule is N#Cc1ccc(CN2CCN(Cc3cc(-c4ccc(Cl)cc4)no3)CC2)cc1. The van der Waals surface area contributed by atoms with E-state index in [0.717, 1.165) is 56.3 Å². The highest BCUT2D eigenvalue weighted by molar-refractivity contribution is 6.30. The molecule has 0 saturated carbocycles. The van der Waals surface area contributed by atoms with Crippen molar-refractivity contribution in [2.45, 2.75) is 13.1 Å². The molecule has 3 aromatic rings. The van der Waals surface area contributed by atoms with Gasteiger partial charge in [-0.15, -0.1) is 0 Å². The van der Waals surface area contributed by atoms with Crippen LogP contribution in [0.4, 0.5) is 0 Å². The number of piperazine rings is 1. The molecule has 5 nitrogen and oxygen atoms in total. The van der Waals surface area contributed by atoms with Crippen molar-refractivity contribution >= 4 is 11.6 Å². The monoisotopic (exact) mass is 392 g/mol. The standard InChI is InChI=1S/C22H21ClN4O/c23-20-7-5-19(6-8-20)22-13-21(28-25-22)16-27-11-9-26(10-12-27)15-18-3-1-17(14-24)2-4-18/h1-8,13H,9-12,15-16H2. The van der Waals surface area contributed by atoms with Gasteiger partial charge in [-0.1, -0.05) is 41.0 Å². The molecule has 1 fully saturated rings. The molecule has 2 heterocycles. The van der Waals surface area contributed by atoms with Gasteiger partial charge in [0.25, 0.3) is 0 Å². The number of halogens is 1. The van der Waals surface area contributed by atoms with Gasteiger partial charge in [-0.2, -0.15) is 5.26 Å². The second-order valence-corrected chi connectivity index (χ2v) is 7.48. The lowest BCUT2D eigenvalue weighted by atomic mass is 10.1. The van der Waals surface area contributed by atoms with Crippen LogP contribution in [0.25, 0.3) is 11.3 Å². The van der Waals surface area contributed by atoms with Gasteiger partial charge in [-0.05, 0) is 29.8 Å². The van der Waals surface area contributed by atoms with Crippen LogP contribution in [0.15, 0.2) is 59.1 Å². The first-order valence-electron chi connectivity index (χ1n) is 9.35. The topological polar surface area (TPSA) is 56.3 Å². The molecular formula is C22H21ClN4O. The Bertz CT molecular complexity index is 951. The van der Waals surface area contributed by atoms with Crippen molar-refractivity contribution in [3.8, 4) is 17.3 Å². The number of nitriles is 1. The van der Waals surface area contributed by atoms with E-state index in [0.29, 0.717) is 10.6 Å². The highest BCUT2D eigenvalue weighted by Crippen LogP contribution is 2.22. The third-order valence-corrected chi connectivity index (χ3v) is 5.28. The van der Waals surface area contributed by atoms with Gasteiger partial charge in [0.05, 0.1) is 18.2 Å². The summed E-state index contributed by atoms with van der Waals surface area (Å²) >= 11 is 5.94. The third-order valence-electron chi connectivity index (χ3n) is 5.03. The number of rotatable bonds is 5. The van der Waals surface area contributed by atoms with E-state index in [-0.39, 0.29) is 0 Å². The van der Waals surface area contributed by atoms with Gasteiger partial charge in [0.1, 0.15) is 5.69 Å². The molecule has 142 valence electrons. The molecule has 0 spiro atoms. The molecule has 0 radical (unpaired) electrons. The maximum absolute atomic E-state index is 8.89. The van der Waals surface area contributed by atoms with Crippen molar-refractivity contribution in [3.63, 3.8) is 0 Å². The second-order valence-electron chi connectivity index (χ2n) is 7.05. The van der Waals surface area contributed by atoms with Crippen LogP contribution in [0, 0.1) is 11.3 Å². The highest BCUT2D eigenvalue weighted by atomic mass is 35.5. The normalized spacial score (nSPS) is 15.4. The molecule has 2 aromatic carbocycles. The molecule has 1 aliphatic heterocycles. The Morgan fingerprint density at radius 2 is 1.57 bits per heavy atom. The Morgan fingerprint density at radius 3 is 2.21 bits per heavy atom. The summed E-state index contributed by atoms with van der Waals surface area (Å²) in [7, 11) is 0. The van der Waals surface area contributed by atoms with Crippen molar-refractivity contribution in [1.82, 2.24) is 15.0 Å². The third kappa shape index (κ3) is 4.60. The highest BCUT2D eigenvalue weighted by Gasteiger charge is 2.19. The van der Waals surface area contributed by atoms with Crippen LogP contribution in [0.5, 0.6) is 0 Å². The van der Waals surface area contributed by atoms with E-state index in [1.807, 2.05) is 54.6 Å². The largest absolute Gasteiger partial charge is 0.359 e. The Labute approximate surface area is 169 Å². The van der Waals surface area contributed by atoms with E-state index >= 15 is 0 Å². The fraction of sp³-hybridized carbons (Fsp3) is 0.273. The van der Waals surface area contributed by atoms with E-state index in [1.54, 1.807) is 0 Å². The van der Waals surface area contributed by atoms with Gasteiger partial charge in [0.15, 0.2) is 5.76 Å². The van der Waals surface area contributed by atoms with Crippen molar-refractivity contribution in [3.05, 3.63) is 76.5 Å². The maximum atomic E-state index is 8.89. The summed E-state index contributed by atoms with van der Waals surface area (Å²) in [6.45, 7) is 5.70. The van der Waals surface area contributed by atoms with Crippen LogP contribution < -0.4 is 0 Å². The predicted octanol–water partition coefficient (Wildman–Crippen LogP) is 4.18. The molecule has 0 aliphatic carbocycles. The Kier molecular flexibility index (Phi) is 5.73. The van der Waals surface area contributed by atoms with Crippen molar-refractivity contribution in [2.75, 3.05) is 26.2 Å². The zero-order valence-electron chi connectivity index (χ0n) is 15.5. The predicted molar refractivity (Wildman–Crippen MR) is 109 cm³/mol. The number of benzene rings is 2. The summed E-state index contributed by atoms with van der Waals surface area (Å²) in [4.78, 5) is 4.83. The van der Waals surface area contributed by atoms with E-state index < -0.39 is 0 Å².